The molecule has 1 aliphatic carbocycles. The molecule has 2 aromatic heterocycles. The summed E-state index contributed by atoms with van der Waals surface area (Å²) in [5, 5.41) is 3.16. The largest absolute Gasteiger partial charge is 0.493 e. The van der Waals surface area contributed by atoms with Gasteiger partial charge in [0.1, 0.15) is 6.61 Å². The van der Waals surface area contributed by atoms with Gasteiger partial charge in [0.25, 0.3) is 0 Å². The van der Waals surface area contributed by atoms with E-state index < -0.39 is 0 Å². The number of aliphatic imine (C=N–C) groups is 1. The minimum absolute atomic E-state index is 0.350. The minimum Gasteiger partial charge on any atom is -0.493 e. The molecule has 1 aliphatic heterocycles. The molecule has 1 fully saturated rings. The smallest absolute Gasteiger partial charge is 0.229 e. The second-order valence-electron chi connectivity index (χ2n) is 6.79. The Labute approximate surface area is 157 Å². The summed E-state index contributed by atoms with van der Waals surface area (Å²) in [6, 6.07) is 2.12. The van der Waals surface area contributed by atoms with E-state index in [9.17, 15) is 0 Å². The number of methoxy groups -OCH3 is 1. The second kappa shape index (κ2) is 7.26. The van der Waals surface area contributed by atoms with E-state index in [0.29, 0.717) is 41.6 Å². The molecule has 142 valence electrons. The summed E-state index contributed by atoms with van der Waals surface area (Å²) in [6.45, 7) is 0.681. The molecule has 0 amide bonds. The van der Waals surface area contributed by atoms with Gasteiger partial charge in [-0.1, -0.05) is 12.8 Å². The van der Waals surface area contributed by atoms with Gasteiger partial charge in [0.15, 0.2) is 23.1 Å². The van der Waals surface area contributed by atoms with Gasteiger partial charge in [-0.15, -0.1) is 0 Å². The molecule has 3 heterocycles. The molecule has 3 N–H and O–H groups in total. The molecule has 0 unspecified atom stereocenters. The van der Waals surface area contributed by atoms with Crippen LogP contribution in [0.5, 0.6) is 11.5 Å². The van der Waals surface area contributed by atoms with E-state index in [1.807, 2.05) is 0 Å². The molecule has 1 atom stereocenters. The first-order valence-corrected chi connectivity index (χ1v) is 8.96. The molecule has 0 spiro atoms. The lowest BCUT2D eigenvalue weighted by Crippen LogP contribution is -2.41. The van der Waals surface area contributed by atoms with Crippen LogP contribution in [0.3, 0.4) is 0 Å². The Morgan fingerprint density at radius 3 is 3.00 bits per heavy atom. The van der Waals surface area contributed by atoms with Crippen LogP contribution >= 0.6 is 0 Å². The Bertz CT molecular complexity index is 854. The number of hydrogen-bond donors (Lipinski definition) is 2. The summed E-state index contributed by atoms with van der Waals surface area (Å²) < 4.78 is 11.2. The maximum atomic E-state index is 5.87. The molecular formula is C18H23N7O2. The summed E-state index contributed by atoms with van der Waals surface area (Å²) in [6.07, 6.45) is 8.31. The van der Waals surface area contributed by atoms with Crippen LogP contribution in [0.4, 0.5) is 23.3 Å². The maximum Gasteiger partial charge on any atom is 0.229 e. The number of nitrogens with two attached hydrogens (primary N) is 1. The highest BCUT2D eigenvalue weighted by atomic mass is 16.5. The van der Waals surface area contributed by atoms with E-state index in [2.05, 4.69) is 37.2 Å². The van der Waals surface area contributed by atoms with Crippen molar-refractivity contribution in [1.82, 2.24) is 15.0 Å². The van der Waals surface area contributed by atoms with Gasteiger partial charge in [0.05, 0.1) is 37.6 Å². The van der Waals surface area contributed by atoms with Gasteiger partial charge >= 0.3 is 0 Å². The number of anilines is 3. The molecule has 2 aromatic rings. The van der Waals surface area contributed by atoms with Crippen LogP contribution in [0.15, 0.2) is 23.5 Å². The van der Waals surface area contributed by atoms with Crippen molar-refractivity contribution < 1.29 is 9.47 Å². The van der Waals surface area contributed by atoms with E-state index in [0.717, 1.165) is 18.2 Å². The minimum atomic E-state index is 0.350. The Balaban J connectivity index is 1.54. The number of aromatic nitrogens is 3. The normalized spacial score (nSPS) is 18.9. The van der Waals surface area contributed by atoms with Crippen LogP contribution in [0.1, 0.15) is 19.3 Å². The number of ether oxygens (including phenoxy) is 2. The fourth-order valence-corrected chi connectivity index (χ4v) is 3.16. The first-order valence-electron chi connectivity index (χ1n) is 8.96. The van der Waals surface area contributed by atoms with E-state index in [-0.39, 0.29) is 0 Å². The highest BCUT2D eigenvalue weighted by Crippen LogP contribution is 2.39. The number of fused-ring (bicyclic) bond motifs is 1. The summed E-state index contributed by atoms with van der Waals surface area (Å²) in [5.41, 5.74) is 6.02. The van der Waals surface area contributed by atoms with Gasteiger partial charge < -0.3 is 25.4 Å². The van der Waals surface area contributed by atoms with Crippen LogP contribution in [0, 0.1) is 5.92 Å². The summed E-state index contributed by atoms with van der Waals surface area (Å²) in [4.78, 5) is 19.4. The van der Waals surface area contributed by atoms with Crippen molar-refractivity contribution in [1.29, 1.82) is 0 Å². The lowest BCUT2D eigenvalue weighted by Gasteiger charge is -2.34. The number of likely N-dealkylation sites (N-methyl/N-ethyl adjacent to an activating group) is 1. The molecule has 1 saturated carbocycles. The summed E-state index contributed by atoms with van der Waals surface area (Å²) >= 11 is 0. The third kappa shape index (κ3) is 3.71. The molecule has 4 rings (SSSR count). The van der Waals surface area contributed by atoms with Gasteiger partial charge in [-0.2, -0.15) is 4.98 Å². The first kappa shape index (κ1) is 17.3. The van der Waals surface area contributed by atoms with Gasteiger partial charge in [-0.3, -0.25) is 0 Å². The van der Waals surface area contributed by atoms with Crippen LogP contribution in [-0.2, 0) is 0 Å². The molecule has 27 heavy (non-hydrogen) atoms. The fraction of sp³-hybridized carbons (Fsp3) is 0.444. The van der Waals surface area contributed by atoms with Crippen molar-refractivity contribution in [2.45, 2.75) is 25.3 Å². The zero-order valence-corrected chi connectivity index (χ0v) is 15.4. The summed E-state index contributed by atoms with van der Waals surface area (Å²) in [5.74, 6) is 3.72. The Morgan fingerprint density at radius 2 is 2.26 bits per heavy atom. The van der Waals surface area contributed by atoms with Crippen LogP contribution in [0.2, 0.25) is 0 Å². The van der Waals surface area contributed by atoms with Gasteiger partial charge in [0, 0.05) is 13.1 Å². The van der Waals surface area contributed by atoms with Crippen molar-refractivity contribution in [3.63, 3.8) is 0 Å². The Kier molecular flexibility index (Phi) is 4.66. The third-order valence-corrected chi connectivity index (χ3v) is 4.86. The predicted octanol–water partition coefficient (Wildman–Crippen LogP) is 2.24. The van der Waals surface area contributed by atoms with E-state index in [1.165, 1.54) is 19.2 Å². The van der Waals surface area contributed by atoms with E-state index >= 15 is 0 Å². The average molecular weight is 369 g/mol. The van der Waals surface area contributed by atoms with Crippen molar-refractivity contribution in [2.24, 2.45) is 16.6 Å². The van der Waals surface area contributed by atoms with E-state index in [4.69, 9.17) is 15.2 Å². The van der Waals surface area contributed by atoms with Gasteiger partial charge in [-0.25, -0.2) is 15.0 Å². The number of hydrogen-bond acceptors (Lipinski definition) is 8. The molecule has 2 aliphatic rings. The van der Waals surface area contributed by atoms with Crippen molar-refractivity contribution in [3.05, 3.63) is 18.5 Å². The molecule has 0 bridgehead atoms. The van der Waals surface area contributed by atoms with Crippen LogP contribution < -0.4 is 25.4 Å². The lowest BCUT2D eigenvalue weighted by atomic mass is 10.1. The SMILES string of the molecule is COc1cc(Nc2ncc3c(n2)N(C)[C@@H](CC2CC2)CO3)cnc1N=CN. The molecule has 0 saturated heterocycles. The van der Waals surface area contributed by atoms with E-state index in [1.54, 1.807) is 25.6 Å². The number of pyridine rings is 1. The van der Waals surface area contributed by atoms with Crippen molar-refractivity contribution in [2.75, 3.05) is 31.0 Å². The topological polar surface area (TPSA) is 111 Å². The monoisotopic (exact) mass is 369 g/mol. The molecular weight excluding hydrogens is 346 g/mol. The van der Waals surface area contributed by atoms with Gasteiger partial charge in [-0.05, 0) is 12.3 Å². The molecule has 0 radical (unpaired) electrons. The van der Waals surface area contributed by atoms with Crippen LogP contribution in [0.25, 0.3) is 0 Å². The maximum absolute atomic E-state index is 5.87. The van der Waals surface area contributed by atoms with Crippen molar-refractivity contribution in [3.8, 4) is 11.5 Å². The Hall–Kier alpha value is -3.10. The first-order chi connectivity index (χ1) is 13.2. The Morgan fingerprint density at radius 1 is 1.41 bits per heavy atom. The molecule has 9 heteroatoms. The predicted molar refractivity (Wildman–Crippen MR) is 103 cm³/mol. The highest BCUT2D eigenvalue weighted by molar-refractivity contribution is 5.65. The lowest BCUT2D eigenvalue weighted by molar-refractivity contribution is 0.252. The van der Waals surface area contributed by atoms with Crippen LogP contribution in [-0.4, -0.2) is 48.1 Å². The zero-order chi connectivity index (χ0) is 18.8. The number of nitrogens with one attached hydrogen (secondary N) is 1. The second-order valence-corrected chi connectivity index (χ2v) is 6.79. The average Bonchev–Trinajstić information content (AvgIpc) is 3.50. The quantitative estimate of drug-likeness (QED) is 0.589. The molecule has 9 nitrogen and oxygen atoms in total. The highest BCUT2D eigenvalue weighted by Gasteiger charge is 2.32. The fourth-order valence-electron chi connectivity index (χ4n) is 3.16. The standard InChI is InChI=1S/C18H23N7O2/c1-25-13(5-11-3-4-11)9-27-15-8-21-18(24-17(15)25)23-12-6-14(26-2)16(20-7-12)22-10-19/h6-8,10-11,13H,3-5,9H2,1-2H3,(H2,19,20,22)(H,21,23,24)/t13-/m0/s1. The zero-order valence-electron chi connectivity index (χ0n) is 15.4. The number of rotatable bonds is 6. The molecule has 0 aromatic carbocycles. The third-order valence-electron chi connectivity index (χ3n) is 4.86. The van der Waals surface area contributed by atoms with Crippen molar-refractivity contribution >= 4 is 29.6 Å². The summed E-state index contributed by atoms with van der Waals surface area (Å²) in [7, 11) is 3.62. The number of nitrogens with zero attached hydrogens (tertiary/aromatic N) is 5. The van der Waals surface area contributed by atoms with Gasteiger partial charge in [0.2, 0.25) is 5.95 Å².